The Morgan fingerprint density at radius 2 is 2.03 bits per heavy atom. The van der Waals surface area contributed by atoms with Crippen LogP contribution in [0.5, 0.6) is 0 Å². The number of piperidine rings is 1. The van der Waals surface area contributed by atoms with Crippen molar-refractivity contribution in [1.82, 2.24) is 19.8 Å². The zero-order valence-electron chi connectivity index (χ0n) is 17.8. The molecule has 2 N–H and O–H groups in total. The van der Waals surface area contributed by atoms with Gasteiger partial charge in [0.1, 0.15) is 17.5 Å². The summed E-state index contributed by atoms with van der Waals surface area (Å²) in [5.41, 5.74) is 1.17. The van der Waals surface area contributed by atoms with E-state index in [0.717, 1.165) is 69.7 Å². The second-order valence-corrected chi connectivity index (χ2v) is 7.95. The maximum absolute atomic E-state index is 12.0. The highest BCUT2D eigenvalue weighted by atomic mass is 16.5. The molecule has 1 atom stereocenters. The Kier molecular flexibility index (Phi) is 7.11. The van der Waals surface area contributed by atoms with Crippen molar-refractivity contribution in [3.8, 4) is 0 Å². The van der Waals surface area contributed by atoms with E-state index in [9.17, 15) is 4.79 Å². The van der Waals surface area contributed by atoms with Crippen molar-refractivity contribution in [1.29, 1.82) is 0 Å². The van der Waals surface area contributed by atoms with Gasteiger partial charge in [-0.1, -0.05) is 12.6 Å². The predicted molar refractivity (Wildman–Crippen MR) is 121 cm³/mol. The van der Waals surface area contributed by atoms with Crippen molar-refractivity contribution in [3.05, 3.63) is 54.7 Å². The quantitative estimate of drug-likeness (QED) is 0.664. The summed E-state index contributed by atoms with van der Waals surface area (Å²) in [6.07, 6.45) is 5.10. The van der Waals surface area contributed by atoms with Gasteiger partial charge in [-0.25, -0.2) is 9.97 Å². The van der Waals surface area contributed by atoms with Gasteiger partial charge in [0.2, 0.25) is 5.91 Å². The molecule has 2 aromatic rings. The lowest BCUT2D eigenvalue weighted by atomic mass is 10.1. The van der Waals surface area contributed by atoms with Gasteiger partial charge in [-0.2, -0.15) is 0 Å². The van der Waals surface area contributed by atoms with Gasteiger partial charge in [-0.05, 0) is 48.7 Å². The van der Waals surface area contributed by atoms with Crippen molar-refractivity contribution in [3.63, 3.8) is 0 Å². The fraction of sp³-hybridized carbons (Fsp3) is 0.435. The normalized spacial score (nSPS) is 19.6. The summed E-state index contributed by atoms with van der Waals surface area (Å²) in [4.78, 5) is 25.4. The number of hydrogen-bond donors (Lipinski definition) is 2. The molecule has 164 valence electrons. The molecular weight excluding hydrogens is 392 g/mol. The number of likely N-dealkylation sites (tertiary alicyclic amines) is 1. The molecule has 8 nitrogen and oxygen atoms in total. The molecule has 2 fully saturated rings. The Hall–Kier alpha value is -2.97. The van der Waals surface area contributed by atoms with Crippen LogP contribution in [0.25, 0.3) is 0 Å². The van der Waals surface area contributed by atoms with Crippen LogP contribution in [0.15, 0.2) is 49.2 Å². The van der Waals surface area contributed by atoms with Gasteiger partial charge in [0, 0.05) is 45.0 Å². The molecule has 4 rings (SSSR count). The van der Waals surface area contributed by atoms with Gasteiger partial charge in [0.05, 0.1) is 13.2 Å². The van der Waals surface area contributed by atoms with Crippen LogP contribution in [0.1, 0.15) is 18.4 Å². The molecule has 2 aliphatic rings. The van der Waals surface area contributed by atoms with E-state index in [1.54, 1.807) is 6.20 Å². The van der Waals surface area contributed by atoms with E-state index in [1.807, 2.05) is 23.1 Å². The number of ether oxygens (including phenoxy) is 1. The number of nitrogens with one attached hydrogen (secondary N) is 2. The highest BCUT2D eigenvalue weighted by molar-refractivity contribution is 5.87. The molecule has 1 amide bonds. The Bertz CT molecular complexity index is 885. The molecule has 0 saturated carbocycles. The van der Waals surface area contributed by atoms with Gasteiger partial charge in [0.15, 0.2) is 0 Å². The lowest BCUT2D eigenvalue weighted by Gasteiger charge is -2.33. The van der Waals surface area contributed by atoms with Crippen LogP contribution in [-0.2, 0) is 16.1 Å². The number of pyridine rings is 2. The minimum atomic E-state index is -0.0157. The number of anilines is 3. The Labute approximate surface area is 183 Å². The Morgan fingerprint density at radius 1 is 1.19 bits per heavy atom. The third kappa shape index (κ3) is 6.02. The van der Waals surface area contributed by atoms with E-state index >= 15 is 0 Å². The summed E-state index contributed by atoms with van der Waals surface area (Å²) in [6.45, 7) is 9.27. The van der Waals surface area contributed by atoms with Crippen LogP contribution in [0.2, 0.25) is 0 Å². The minimum Gasteiger partial charge on any atom is -0.379 e. The number of hydrogen-bond acceptors (Lipinski definition) is 7. The van der Waals surface area contributed by atoms with Gasteiger partial charge >= 0.3 is 0 Å². The first-order valence-corrected chi connectivity index (χ1v) is 10.9. The molecule has 0 bridgehead atoms. The molecule has 2 aliphatic heterocycles. The topological polar surface area (TPSA) is 82.6 Å². The van der Waals surface area contributed by atoms with E-state index in [1.165, 1.54) is 11.6 Å². The average molecular weight is 423 g/mol. The smallest absolute Gasteiger partial charge is 0.246 e. The van der Waals surface area contributed by atoms with Crippen molar-refractivity contribution in [2.45, 2.75) is 25.4 Å². The van der Waals surface area contributed by atoms with Crippen LogP contribution < -0.4 is 10.6 Å². The van der Waals surface area contributed by atoms with Gasteiger partial charge in [-0.15, -0.1) is 0 Å². The van der Waals surface area contributed by atoms with Crippen molar-refractivity contribution in [2.75, 3.05) is 50.0 Å². The second-order valence-electron chi connectivity index (χ2n) is 7.95. The average Bonchev–Trinajstić information content (AvgIpc) is 2.80. The number of carbonyl (C=O) groups is 1. The molecule has 2 saturated heterocycles. The molecule has 0 unspecified atom stereocenters. The highest BCUT2D eigenvalue weighted by Gasteiger charge is 2.23. The van der Waals surface area contributed by atoms with Crippen LogP contribution in [0, 0.1) is 0 Å². The lowest BCUT2D eigenvalue weighted by Crippen LogP contribution is -2.44. The standard InChI is InChI=1S/C23H30N6O2/c1-2-23(30)29-9-5-6-19(17-29)25-21-14-18(16-28-10-12-31-13-11-28)15-22(27-21)26-20-7-3-4-8-24-20/h2-4,7-8,14-15,19H,1,5-6,9-13,16-17H2,(H2,24,25,26,27)/t19-/m0/s1. The van der Waals surface area contributed by atoms with Crippen molar-refractivity contribution >= 4 is 23.4 Å². The molecule has 0 radical (unpaired) electrons. The fourth-order valence-corrected chi connectivity index (χ4v) is 4.04. The van der Waals surface area contributed by atoms with E-state index in [2.05, 4.69) is 39.2 Å². The first kappa shape index (κ1) is 21.3. The van der Waals surface area contributed by atoms with E-state index in [4.69, 9.17) is 9.72 Å². The van der Waals surface area contributed by atoms with E-state index < -0.39 is 0 Å². The first-order chi connectivity index (χ1) is 15.2. The summed E-state index contributed by atoms with van der Waals surface area (Å²) < 4.78 is 5.48. The molecule has 4 heterocycles. The number of aromatic nitrogens is 2. The minimum absolute atomic E-state index is 0.0157. The maximum Gasteiger partial charge on any atom is 0.246 e. The molecule has 0 aromatic carbocycles. The van der Waals surface area contributed by atoms with Crippen LogP contribution in [0.4, 0.5) is 17.5 Å². The molecule has 31 heavy (non-hydrogen) atoms. The molecular formula is C23H30N6O2. The largest absolute Gasteiger partial charge is 0.379 e. The first-order valence-electron chi connectivity index (χ1n) is 10.9. The number of amides is 1. The maximum atomic E-state index is 12.0. The SMILES string of the molecule is C=CC(=O)N1CCC[C@H](Nc2cc(CN3CCOCC3)cc(Nc3ccccn3)n2)C1. The fourth-order valence-electron chi connectivity index (χ4n) is 4.04. The highest BCUT2D eigenvalue weighted by Crippen LogP contribution is 2.22. The van der Waals surface area contributed by atoms with E-state index in [0.29, 0.717) is 6.54 Å². The molecule has 0 spiro atoms. The molecule has 2 aromatic heterocycles. The lowest BCUT2D eigenvalue weighted by molar-refractivity contribution is -0.127. The third-order valence-electron chi connectivity index (χ3n) is 5.58. The second kappa shape index (κ2) is 10.4. The molecule has 0 aliphatic carbocycles. The number of carbonyl (C=O) groups excluding carboxylic acids is 1. The van der Waals surface area contributed by atoms with Gasteiger partial charge in [0.25, 0.3) is 0 Å². The monoisotopic (exact) mass is 422 g/mol. The van der Waals surface area contributed by atoms with Gasteiger partial charge < -0.3 is 20.3 Å². The van der Waals surface area contributed by atoms with Crippen LogP contribution in [-0.4, -0.2) is 71.1 Å². The van der Waals surface area contributed by atoms with Crippen LogP contribution in [0.3, 0.4) is 0 Å². The van der Waals surface area contributed by atoms with Crippen molar-refractivity contribution < 1.29 is 9.53 Å². The summed E-state index contributed by atoms with van der Waals surface area (Å²) in [6, 6.07) is 10.1. The zero-order chi connectivity index (χ0) is 21.5. The Morgan fingerprint density at radius 3 is 2.81 bits per heavy atom. The summed E-state index contributed by atoms with van der Waals surface area (Å²) in [7, 11) is 0. The number of rotatable bonds is 7. The Balaban J connectivity index is 1.51. The summed E-state index contributed by atoms with van der Waals surface area (Å²) in [5, 5.41) is 6.86. The summed E-state index contributed by atoms with van der Waals surface area (Å²) >= 11 is 0. The summed E-state index contributed by atoms with van der Waals surface area (Å²) in [5.74, 6) is 2.30. The number of morpholine rings is 1. The van der Waals surface area contributed by atoms with Crippen molar-refractivity contribution in [2.24, 2.45) is 0 Å². The predicted octanol–water partition coefficient (Wildman–Crippen LogP) is 2.64. The molecule has 8 heteroatoms. The zero-order valence-corrected chi connectivity index (χ0v) is 17.8. The van der Waals surface area contributed by atoms with E-state index in [-0.39, 0.29) is 11.9 Å². The number of nitrogens with zero attached hydrogens (tertiary/aromatic N) is 4. The van der Waals surface area contributed by atoms with Crippen LogP contribution >= 0.6 is 0 Å². The van der Waals surface area contributed by atoms with Gasteiger partial charge in [-0.3, -0.25) is 9.69 Å². The third-order valence-corrected chi connectivity index (χ3v) is 5.58.